The van der Waals surface area contributed by atoms with E-state index in [-0.39, 0.29) is 23.3 Å². The summed E-state index contributed by atoms with van der Waals surface area (Å²) in [4.78, 5) is 29.6. The number of hydrogen-bond acceptors (Lipinski definition) is 3. The number of pyridine rings is 1. The molecule has 27 heavy (non-hydrogen) atoms. The lowest BCUT2D eigenvalue weighted by Crippen LogP contribution is -2.28. The minimum Gasteiger partial charge on any atom is -0.350 e. The first-order valence-corrected chi connectivity index (χ1v) is 9.05. The van der Waals surface area contributed by atoms with E-state index >= 15 is 0 Å². The van der Waals surface area contributed by atoms with Crippen LogP contribution in [0, 0.1) is 12.8 Å². The van der Waals surface area contributed by atoms with Gasteiger partial charge in [0.05, 0.1) is 5.52 Å². The van der Waals surface area contributed by atoms with Crippen LogP contribution in [-0.4, -0.2) is 27.7 Å². The highest BCUT2D eigenvalue weighted by Gasteiger charge is 2.21. The Hall–Kier alpha value is -3.15. The summed E-state index contributed by atoms with van der Waals surface area (Å²) in [6, 6.07) is 13.3. The Morgan fingerprint density at radius 3 is 2.52 bits per heavy atom. The number of rotatable bonds is 6. The standard InChI is InChI=1S/C21H24N4O2/c1-14(2)12-22-20(26)18-17-10-6-7-11-25(17)19(24-18)21(27)23-13-16-9-5-4-8-15(16)3/h4-11,14H,12-13H2,1-3H3,(H,22,26)(H,23,27). The summed E-state index contributed by atoms with van der Waals surface area (Å²) in [6.07, 6.45) is 1.74. The van der Waals surface area contributed by atoms with Gasteiger partial charge >= 0.3 is 0 Å². The van der Waals surface area contributed by atoms with Gasteiger partial charge in [0.15, 0.2) is 5.69 Å². The van der Waals surface area contributed by atoms with Gasteiger partial charge in [-0.1, -0.05) is 44.2 Å². The molecule has 3 aromatic rings. The van der Waals surface area contributed by atoms with Gasteiger partial charge in [0.1, 0.15) is 0 Å². The first-order valence-electron chi connectivity index (χ1n) is 9.05. The Kier molecular flexibility index (Phi) is 5.54. The van der Waals surface area contributed by atoms with E-state index in [1.807, 2.05) is 57.2 Å². The zero-order valence-corrected chi connectivity index (χ0v) is 15.8. The lowest BCUT2D eigenvalue weighted by molar-refractivity contribution is 0.0939. The van der Waals surface area contributed by atoms with Crippen LogP contribution in [0.3, 0.4) is 0 Å². The number of nitrogens with zero attached hydrogens (tertiary/aromatic N) is 2. The van der Waals surface area contributed by atoms with Crippen LogP contribution < -0.4 is 10.6 Å². The molecule has 6 nitrogen and oxygen atoms in total. The van der Waals surface area contributed by atoms with Crippen LogP contribution in [0.4, 0.5) is 0 Å². The van der Waals surface area contributed by atoms with Crippen molar-refractivity contribution in [2.24, 2.45) is 5.92 Å². The largest absolute Gasteiger partial charge is 0.350 e. The molecule has 0 atom stereocenters. The van der Waals surface area contributed by atoms with Crippen LogP contribution >= 0.6 is 0 Å². The molecule has 2 heterocycles. The van der Waals surface area contributed by atoms with Gasteiger partial charge in [0.2, 0.25) is 5.82 Å². The van der Waals surface area contributed by atoms with E-state index in [0.29, 0.717) is 24.5 Å². The molecule has 0 spiro atoms. The molecule has 0 aliphatic heterocycles. The van der Waals surface area contributed by atoms with Crippen LogP contribution in [0.2, 0.25) is 0 Å². The molecule has 0 bridgehead atoms. The predicted molar refractivity (Wildman–Crippen MR) is 105 cm³/mol. The molecule has 0 fully saturated rings. The molecule has 2 N–H and O–H groups in total. The molecule has 0 saturated carbocycles. The topological polar surface area (TPSA) is 75.5 Å². The van der Waals surface area contributed by atoms with Crippen LogP contribution in [0.1, 0.15) is 46.1 Å². The minimum atomic E-state index is -0.317. The van der Waals surface area contributed by atoms with Crippen molar-refractivity contribution in [3.05, 3.63) is 71.3 Å². The number of nitrogens with one attached hydrogen (secondary N) is 2. The SMILES string of the molecule is Cc1ccccc1CNC(=O)c1nc(C(=O)NCC(C)C)c2ccccn12. The van der Waals surface area contributed by atoms with E-state index in [1.165, 1.54) is 0 Å². The summed E-state index contributed by atoms with van der Waals surface area (Å²) in [5.41, 5.74) is 3.03. The van der Waals surface area contributed by atoms with Gasteiger partial charge in [0, 0.05) is 19.3 Å². The average molecular weight is 364 g/mol. The number of aryl methyl sites for hydroxylation is 1. The van der Waals surface area contributed by atoms with Crippen LogP contribution in [-0.2, 0) is 6.54 Å². The Labute approximate surface area is 158 Å². The van der Waals surface area contributed by atoms with Crippen LogP contribution in [0.15, 0.2) is 48.7 Å². The number of hydrogen-bond donors (Lipinski definition) is 2. The van der Waals surface area contributed by atoms with Crippen molar-refractivity contribution in [2.75, 3.05) is 6.54 Å². The van der Waals surface area contributed by atoms with E-state index in [0.717, 1.165) is 11.1 Å². The number of carbonyl (C=O) groups excluding carboxylic acids is 2. The molecule has 0 saturated heterocycles. The lowest BCUT2D eigenvalue weighted by atomic mass is 10.1. The van der Waals surface area contributed by atoms with Gasteiger partial charge in [-0.25, -0.2) is 4.98 Å². The summed E-state index contributed by atoms with van der Waals surface area (Å²) >= 11 is 0. The fraction of sp³-hybridized carbons (Fsp3) is 0.286. The summed E-state index contributed by atoms with van der Waals surface area (Å²) < 4.78 is 1.65. The zero-order valence-electron chi connectivity index (χ0n) is 15.8. The van der Waals surface area contributed by atoms with Crippen LogP contribution in [0.5, 0.6) is 0 Å². The third-order valence-corrected chi connectivity index (χ3v) is 4.34. The highest BCUT2D eigenvalue weighted by molar-refractivity contribution is 6.02. The molecule has 0 aliphatic carbocycles. The predicted octanol–water partition coefficient (Wildman–Crippen LogP) is 2.96. The second-order valence-electron chi connectivity index (χ2n) is 6.95. The molecule has 3 rings (SSSR count). The molecule has 140 valence electrons. The van der Waals surface area contributed by atoms with Gasteiger partial charge < -0.3 is 10.6 Å². The average Bonchev–Trinajstić information content (AvgIpc) is 3.05. The van der Waals surface area contributed by atoms with E-state index < -0.39 is 0 Å². The van der Waals surface area contributed by atoms with Crippen molar-refractivity contribution in [2.45, 2.75) is 27.3 Å². The highest BCUT2D eigenvalue weighted by atomic mass is 16.2. The second kappa shape index (κ2) is 8.03. The Morgan fingerprint density at radius 2 is 1.78 bits per heavy atom. The lowest BCUT2D eigenvalue weighted by Gasteiger charge is -2.07. The first kappa shape index (κ1) is 18.6. The maximum atomic E-state index is 12.7. The number of imidazole rings is 1. The fourth-order valence-electron chi connectivity index (χ4n) is 2.81. The van der Waals surface area contributed by atoms with Crippen molar-refractivity contribution in [3.8, 4) is 0 Å². The maximum Gasteiger partial charge on any atom is 0.287 e. The van der Waals surface area contributed by atoms with Crippen molar-refractivity contribution < 1.29 is 9.59 Å². The third-order valence-electron chi connectivity index (χ3n) is 4.34. The normalized spacial score (nSPS) is 11.0. The molecule has 2 amide bonds. The monoisotopic (exact) mass is 364 g/mol. The molecule has 1 aromatic carbocycles. The fourth-order valence-corrected chi connectivity index (χ4v) is 2.81. The van der Waals surface area contributed by atoms with Gasteiger partial charge in [-0.15, -0.1) is 0 Å². The van der Waals surface area contributed by atoms with Crippen LogP contribution in [0.25, 0.3) is 5.52 Å². The second-order valence-corrected chi connectivity index (χ2v) is 6.95. The van der Waals surface area contributed by atoms with Gasteiger partial charge in [-0.2, -0.15) is 0 Å². The number of fused-ring (bicyclic) bond motifs is 1. The van der Waals surface area contributed by atoms with E-state index in [2.05, 4.69) is 15.6 Å². The first-order chi connectivity index (χ1) is 13.0. The quantitative estimate of drug-likeness (QED) is 0.706. The van der Waals surface area contributed by atoms with Gasteiger partial charge in [0.25, 0.3) is 11.8 Å². The number of aromatic nitrogens is 2. The molecule has 0 aliphatic rings. The maximum absolute atomic E-state index is 12.7. The Morgan fingerprint density at radius 1 is 1.04 bits per heavy atom. The number of carbonyl (C=O) groups is 2. The van der Waals surface area contributed by atoms with Gasteiger partial charge in [-0.3, -0.25) is 14.0 Å². The molecule has 6 heteroatoms. The van der Waals surface area contributed by atoms with Crippen molar-refractivity contribution in [3.63, 3.8) is 0 Å². The van der Waals surface area contributed by atoms with Crippen molar-refractivity contribution in [1.82, 2.24) is 20.0 Å². The molecule has 2 aromatic heterocycles. The number of benzene rings is 1. The Bertz CT molecular complexity index is 975. The summed E-state index contributed by atoms with van der Waals surface area (Å²) in [7, 11) is 0. The third kappa shape index (κ3) is 4.16. The molecular formula is C21H24N4O2. The summed E-state index contributed by atoms with van der Waals surface area (Å²) in [5.74, 6) is -0.0543. The van der Waals surface area contributed by atoms with Crippen molar-refractivity contribution in [1.29, 1.82) is 0 Å². The van der Waals surface area contributed by atoms with E-state index in [1.54, 1.807) is 16.7 Å². The van der Waals surface area contributed by atoms with Crippen molar-refractivity contribution >= 4 is 17.3 Å². The Balaban J connectivity index is 1.85. The minimum absolute atomic E-state index is 0.203. The smallest absolute Gasteiger partial charge is 0.287 e. The highest BCUT2D eigenvalue weighted by Crippen LogP contribution is 2.14. The molecule has 0 radical (unpaired) electrons. The number of amides is 2. The van der Waals surface area contributed by atoms with E-state index in [4.69, 9.17) is 0 Å². The van der Waals surface area contributed by atoms with Gasteiger partial charge in [-0.05, 0) is 36.1 Å². The molecule has 0 unspecified atom stereocenters. The van der Waals surface area contributed by atoms with E-state index in [9.17, 15) is 9.59 Å². The zero-order chi connectivity index (χ0) is 19.4. The molecular weight excluding hydrogens is 340 g/mol. The summed E-state index contributed by atoms with van der Waals surface area (Å²) in [6.45, 7) is 7.01. The summed E-state index contributed by atoms with van der Waals surface area (Å²) in [5, 5.41) is 5.76.